The quantitative estimate of drug-likeness (QED) is 0.514. The number of hydrogen-bond acceptors (Lipinski definition) is 8. The zero-order chi connectivity index (χ0) is 20.4. The normalized spacial score (nSPS) is 10.7. The smallest absolute Gasteiger partial charge is 0.349 e. The van der Waals surface area contributed by atoms with Crippen molar-refractivity contribution in [2.45, 2.75) is 0 Å². The molecular formula is C20H15N3O6. The summed E-state index contributed by atoms with van der Waals surface area (Å²) in [5.41, 5.74) is -0.00881. The zero-order valence-corrected chi connectivity index (χ0v) is 15.5. The Morgan fingerprint density at radius 2 is 1.69 bits per heavy atom. The van der Waals surface area contributed by atoms with Crippen molar-refractivity contribution in [3.8, 4) is 23.0 Å². The number of methoxy groups -OCH3 is 2. The minimum absolute atomic E-state index is 0.142. The second-order valence-corrected chi connectivity index (χ2v) is 5.95. The molecule has 0 saturated heterocycles. The number of benzene rings is 2. The number of rotatable bonds is 5. The molecule has 1 amide bonds. The van der Waals surface area contributed by atoms with Gasteiger partial charge in [0.25, 0.3) is 5.91 Å². The fourth-order valence-corrected chi connectivity index (χ4v) is 2.71. The molecule has 9 heteroatoms. The van der Waals surface area contributed by atoms with Gasteiger partial charge in [-0.3, -0.25) is 10.1 Å². The topological polar surface area (TPSA) is 117 Å². The molecule has 2 aromatic heterocycles. The van der Waals surface area contributed by atoms with Gasteiger partial charge in [-0.25, -0.2) is 4.79 Å². The molecular weight excluding hydrogens is 378 g/mol. The van der Waals surface area contributed by atoms with Gasteiger partial charge in [0.2, 0.25) is 5.89 Å². The van der Waals surface area contributed by atoms with Crippen LogP contribution in [0.3, 0.4) is 0 Å². The average Bonchev–Trinajstić information content (AvgIpc) is 3.21. The molecule has 2 heterocycles. The van der Waals surface area contributed by atoms with Crippen LogP contribution in [-0.4, -0.2) is 30.3 Å². The summed E-state index contributed by atoms with van der Waals surface area (Å²) in [6.07, 6.45) is 0. The van der Waals surface area contributed by atoms with Crippen LogP contribution in [0.5, 0.6) is 11.5 Å². The first-order valence-electron chi connectivity index (χ1n) is 8.48. The van der Waals surface area contributed by atoms with Crippen LogP contribution in [0, 0.1) is 0 Å². The fraction of sp³-hybridized carbons (Fsp3) is 0.100. The summed E-state index contributed by atoms with van der Waals surface area (Å²) in [6.45, 7) is 0. The van der Waals surface area contributed by atoms with E-state index in [1.54, 1.807) is 42.5 Å². The molecule has 2 aromatic carbocycles. The first kappa shape index (κ1) is 18.2. The number of carbonyl (C=O) groups is 1. The maximum absolute atomic E-state index is 12.5. The monoisotopic (exact) mass is 393 g/mol. The van der Waals surface area contributed by atoms with Gasteiger partial charge in [0, 0.05) is 17.0 Å². The van der Waals surface area contributed by atoms with Crippen molar-refractivity contribution in [2.24, 2.45) is 0 Å². The summed E-state index contributed by atoms with van der Waals surface area (Å²) >= 11 is 0. The average molecular weight is 393 g/mol. The van der Waals surface area contributed by atoms with E-state index >= 15 is 0 Å². The van der Waals surface area contributed by atoms with Crippen LogP contribution >= 0.6 is 0 Å². The predicted molar refractivity (Wildman–Crippen MR) is 103 cm³/mol. The van der Waals surface area contributed by atoms with Crippen molar-refractivity contribution in [1.29, 1.82) is 0 Å². The number of nitrogens with zero attached hydrogens (tertiary/aromatic N) is 2. The number of ether oxygens (including phenoxy) is 2. The molecule has 4 aromatic rings. The highest BCUT2D eigenvalue weighted by atomic mass is 16.5. The van der Waals surface area contributed by atoms with Crippen LogP contribution < -0.4 is 20.4 Å². The number of carbonyl (C=O) groups excluding carboxylic acids is 1. The summed E-state index contributed by atoms with van der Waals surface area (Å²) in [6, 6.07) is 13.2. The Bertz CT molecular complexity index is 1240. The number of anilines is 1. The zero-order valence-electron chi connectivity index (χ0n) is 15.5. The van der Waals surface area contributed by atoms with Crippen LogP contribution in [0.2, 0.25) is 0 Å². The highest BCUT2D eigenvalue weighted by Gasteiger charge is 2.18. The first-order valence-corrected chi connectivity index (χ1v) is 8.48. The van der Waals surface area contributed by atoms with E-state index in [1.165, 1.54) is 20.3 Å². The number of aromatic nitrogens is 2. The molecule has 0 saturated carbocycles. The Morgan fingerprint density at radius 3 is 2.41 bits per heavy atom. The number of amides is 1. The van der Waals surface area contributed by atoms with E-state index in [0.29, 0.717) is 28.0 Å². The van der Waals surface area contributed by atoms with Crippen LogP contribution in [0.15, 0.2) is 62.2 Å². The number of hydrogen-bond donors (Lipinski definition) is 1. The van der Waals surface area contributed by atoms with E-state index in [-0.39, 0.29) is 17.5 Å². The van der Waals surface area contributed by atoms with Gasteiger partial charge < -0.3 is 18.3 Å². The first-order chi connectivity index (χ1) is 14.1. The molecule has 29 heavy (non-hydrogen) atoms. The lowest BCUT2D eigenvalue weighted by Crippen LogP contribution is -2.20. The van der Waals surface area contributed by atoms with Gasteiger partial charge >= 0.3 is 11.6 Å². The predicted octanol–water partition coefficient (Wildman–Crippen LogP) is 3.11. The Kier molecular flexibility index (Phi) is 4.70. The van der Waals surface area contributed by atoms with Crippen molar-refractivity contribution in [3.63, 3.8) is 0 Å². The summed E-state index contributed by atoms with van der Waals surface area (Å²) in [4.78, 5) is 24.6. The molecule has 0 unspecified atom stereocenters. The minimum atomic E-state index is -0.765. The lowest BCUT2D eigenvalue weighted by atomic mass is 10.2. The maximum Gasteiger partial charge on any atom is 0.349 e. The van der Waals surface area contributed by atoms with E-state index < -0.39 is 11.5 Å². The molecule has 0 bridgehead atoms. The molecule has 0 aliphatic heterocycles. The third-order valence-corrected chi connectivity index (χ3v) is 4.13. The number of fused-ring (bicyclic) bond motifs is 1. The van der Waals surface area contributed by atoms with E-state index in [2.05, 4.69) is 15.5 Å². The molecule has 4 rings (SSSR count). The van der Waals surface area contributed by atoms with Gasteiger partial charge in [0.15, 0.2) is 0 Å². The van der Waals surface area contributed by atoms with Crippen molar-refractivity contribution in [1.82, 2.24) is 10.2 Å². The molecule has 146 valence electrons. The van der Waals surface area contributed by atoms with Crippen molar-refractivity contribution in [3.05, 3.63) is 64.5 Å². The molecule has 0 atom stereocenters. The third kappa shape index (κ3) is 3.65. The molecule has 1 N–H and O–H groups in total. The third-order valence-electron chi connectivity index (χ3n) is 4.13. The summed E-state index contributed by atoms with van der Waals surface area (Å²) in [7, 11) is 3.04. The summed E-state index contributed by atoms with van der Waals surface area (Å²) in [5.74, 6) is 0.500. The summed E-state index contributed by atoms with van der Waals surface area (Å²) in [5, 5.41) is 10.7. The van der Waals surface area contributed by atoms with E-state index in [0.717, 1.165) is 0 Å². The van der Waals surface area contributed by atoms with Crippen molar-refractivity contribution in [2.75, 3.05) is 19.5 Å². The lowest BCUT2D eigenvalue weighted by Gasteiger charge is -2.05. The Morgan fingerprint density at radius 1 is 0.966 bits per heavy atom. The largest absolute Gasteiger partial charge is 0.497 e. The standard InChI is InChI=1S/C20H15N3O6/c1-26-13-7-12(8-14(10-13)27-2)18-22-23-20(29-18)21-17(24)15-9-11-5-3-4-6-16(11)28-19(15)25/h3-10H,1-2H3,(H,21,23,24). The molecule has 0 spiro atoms. The Balaban J connectivity index is 1.61. The second-order valence-electron chi connectivity index (χ2n) is 5.95. The SMILES string of the molecule is COc1cc(OC)cc(-c2nnc(NC(=O)c3cc4ccccc4oc3=O)o2)c1. The molecule has 0 aliphatic rings. The van der Waals surface area contributed by atoms with Gasteiger partial charge in [-0.05, 0) is 24.3 Å². The Hall–Kier alpha value is -4.14. The number of nitrogens with one attached hydrogen (secondary N) is 1. The molecule has 0 radical (unpaired) electrons. The number of para-hydroxylation sites is 1. The van der Waals surface area contributed by atoms with Crippen LogP contribution in [0.1, 0.15) is 10.4 Å². The maximum atomic E-state index is 12.5. The van der Waals surface area contributed by atoms with Crippen LogP contribution in [0.25, 0.3) is 22.4 Å². The highest BCUT2D eigenvalue weighted by Crippen LogP contribution is 2.29. The lowest BCUT2D eigenvalue weighted by molar-refractivity contribution is 0.102. The van der Waals surface area contributed by atoms with Crippen molar-refractivity contribution < 1.29 is 23.1 Å². The van der Waals surface area contributed by atoms with Gasteiger partial charge in [-0.15, -0.1) is 5.10 Å². The fourth-order valence-electron chi connectivity index (χ4n) is 2.71. The van der Waals surface area contributed by atoms with E-state index in [9.17, 15) is 9.59 Å². The molecule has 9 nitrogen and oxygen atoms in total. The minimum Gasteiger partial charge on any atom is -0.497 e. The van der Waals surface area contributed by atoms with Gasteiger partial charge in [-0.1, -0.05) is 23.3 Å². The van der Waals surface area contributed by atoms with Crippen LogP contribution in [-0.2, 0) is 0 Å². The molecule has 0 fully saturated rings. The van der Waals surface area contributed by atoms with Crippen molar-refractivity contribution >= 4 is 22.9 Å². The van der Waals surface area contributed by atoms with Crippen LogP contribution in [0.4, 0.5) is 6.01 Å². The Labute approximate surface area is 163 Å². The van der Waals surface area contributed by atoms with Gasteiger partial charge in [0.1, 0.15) is 22.6 Å². The second kappa shape index (κ2) is 7.47. The summed E-state index contributed by atoms with van der Waals surface area (Å²) < 4.78 is 21.1. The molecule has 0 aliphatic carbocycles. The van der Waals surface area contributed by atoms with Gasteiger partial charge in [-0.2, -0.15) is 0 Å². The van der Waals surface area contributed by atoms with E-state index in [4.69, 9.17) is 18.3 Å². The van der Waals surface area contributed by atoms with E-state index in [1.807, 2.05) is 0 Å². The highest BCUT2D eigenvalue weighted by molar-refractivity contribution is 6.04. The van der Waals surface area contributed by atoms with Gasteiger partial charge in [0.05, 0.1) is 14.2 Å².